The Bertz CT molecular complexity index is 731. The van der Waals surface area contributed by atoms with Crippen molar-refractivity contribution >= 4 is 11.7 Å². The number of hydrogen-bond acceptors (Lipinski definition) is 5. The van der Waals surface area contributed by atoms with Crippen LogP contribution in [-0.4, -0.2) is 69.5 Å². The van der Waals surface area contributed by atoms with Crippen molar-refractivity contribution in [2.45, 2.75) is 32.5 Å². The summed E-state index contributed by atoms with van der Waals surface area (Å²) in [6, 6.07) is 7.72. The lowest BCUT2D eigenvalue weighted by atomic mass is 10.1. The van der Waals surface area contributed by atoms with Crippen molar-refractivity contribution in [2.24, 2.45) is 0 Å². The van der Waals surface area contributed by atoms with Gasteiger partial charge in [-0.2, -0.15) is 5.10 Å². The monoisotopic (exact) mass is 386 g/mol. The van der Waals surface area contributed by atoms with Crippen LogP contribution >= 0.6 is 0 Å². The molecule has 4 N–H and O–H groups in total. The Morgan fingerprint density at radius 3 is 2.43 bits per heavy atom. The summed E-state index contributed by atoms with van der Waals surface area (Å²) < 4.78 is 0. The number of aromatic nitrogens is 2. The number of piperazine rings is 1. The maximum Gasteiger partial charge on any atom is 0.319 e. The Balaban J connectivity index is 1.40. The number of benzene rings is 1. The summed E-state index contributed by atoms with van der Waals surface area (Å²) in [5.41, 5.74) is 2.27. The summed E-state index contributed by atoms with van der Waals surface area (Å²) in [6.45, 7) is 9.67. The molecule has 152 valence electrons. The highest BCUT2D eigenvalue weighted by Gasteiger charge is 2.22. The van der Waals surface area contributed by atoms with E-state index in [9.17, 15) is 9.90 Å². The molecule has 3 rings (SSSR count). The fourth-order valence-corrected chi connectivity index (χ4v) is 3.34. The third-order valence-corrected chi connectivity index (χ3v) is 4.70. The maximum atomic E-state index is 12.0. The van der Waals surface area contributed by atoms with Crippen LogP contribution in [-0.2, 0) is 13.1 Å². The van der Waals surface area contributed by atoms with Gasteiger partial charge in [0.2, 0.25) is 0 Å². The Kier molecular flexibility index (Phi) is 6.66. The zero-order valence-corrected chi connectivity index (χ0v) is 16.6. The number of carbonyl (C=O) groups is 1. The molecule has 2 amide bonds. The molecule has 2 heterocycles. The van der Waals surface area contributed by atoms with Gasteiger partial charge in [0.05, 0.1) is 11.8 Å². The van der Waals surface area contributed by atoms with E-state index in [-0.39, 0.29) is 6.03 Å². The fraction of sp³-hybridized carbons (Fsp3) is 0.500. The van der Waals surface area contributed by atoms with Gasteiger partial charge in [0, 0.05) is 63.3 Å². The minimum absolute atomic E-state index is 0.239. The molecule has 1 aromatic heterocycles. The summed E-state index contributed by atoms with van der Waals surface area (Å²) in [5.74, 6) is 0. The number of rotatable bonds is 7. The van der Waals surface area contributed by atoms with Gasteiger partial charge in [0.15, 0.2) is 0 Å². The number of amides is 2. The molecule has 0 spiro atoms. The van der Waals surface area contributed by atoms with Crippen LogP contribution in [0.1, 0.15) is 25.0 Å². The first kappa shape index (κ1) is 20.3. The molecule has 0 radical (unpaired) electrons. The van der Waals surface area contributed by atoms with Gasteiger partial charge in [-0.1, -0.05) is 12.1 Å². The molecular formula is C20H30N6O2. The maximum absolute atomic E-state index is 12.0. The van der Waals surface area contributed by atoms with Crippen LogP contribution in [0.3, 0.4) is 0 Å². The number of aliphatic hydroxyl groups is 1. The molecule has 0 unspecified atom stereocenters. The van der Waals surface area contributed by atoms with Crippen molar-refractivity contribution in [2.75, 3.05) is 38.0 Å². The lowest BCUT2D eigenvalue weighted by Crippen LogP contribution is -2.50. The van der Waals surface area contributed by atoms with Crippen LogP contribution in [0, 0.1) is 0 Å². The lowest BCUT2D eigenvalue weighted by molar-refractivity contribution is 0.0167. The molecule has 8 nitrogen and oxygen atoms in total. The molecule has 8 heteroatoms. The Morgan fingerprint density at radius 1 is 1.14 bits per heavy atom. The topological polar surface area (TPSA) is 96.5 Å². The van der Waals surface area contributed by atoms with E-state index in [0.717, 1.165) is 44.0 Å². The van der Waals surface area contributed by atoms with Crippen LogP contribution in [0.5, 0.6) is 0 Å². The average Bonchev–Trinajstić information content (AvgIpc) is 3.16. The van der Waals surface area contributed by atoms with Crippen LogP contribution < -0.4 is 10.6 Å². The molecule has 0 saturated carbocycles. The van der Waals surface area contributed by atoms with Crippen molar-refractivity contribution in [3.05, 3.63) is 47.8 Å². The number of aromatic amines is 1. The van der Waals surface area contributed by atoms with Gasteiger partial charge >= 0.3 is 6.03 Å². The number of urea groups is 1. The molecule has 0 bridgehead atoms. The summed E-state index contributed by atoms with van der Waals surface area (Å²) in [4.78, 5) is 16.7. The second-order valence-electron chi connectivity index (χ2n) is 7.98. The molecule has 1 fully saturated rings. The van der Waals surface area contributed by atoms with Gasteiger partial charge in [-0.3, -0.25) is 14.9 Å². The van der Waals surface area contributed by atoms with Gasteiger partial charge in [-0.15, -0.1) is 0 Å². The van der Waals surface area contributed by atoms with Gasteiger partial charge in [0.25, 0.3) is 0 Å². The molecule has 28 heavy (non-hydrogen) atoms. The molecule has 1 saturated heterocycles. The highest BCUT2D eigenvalue weighted by Crippen LogP contribution is 2.14. The number of nitrogens with one attached hydrogen (secondary N) is 3. The van der Waals surface area contributed by atoms with Crippen LogP contribution in [0.15, 0.2) is 36.7 Å². The van der Waals surface area contributed by atoms with Crippen molar-refractivity contribution in [1.82, 2.24) is 25.3 Å². The molecule has 1 aromatic carbocycles. The Labute approximate surface area is 165 Å². The largest absolute Gasteiger partial charge is 0.389 e. The highest BCUT2D eigenvalue weighted by molar-refractivity contribution is 5.89. The molecule has 0 aliphatic carbocycles. The van der Waals surface area contributed by atoms with Crippen molar-refractivity contribution in [3.8, 4) is 0 Å². The second kappa shape index (κ2) is 9.18. The van der Waals surface area contributed by atoms with Gasteiger partial charge in [0.1, 0.15) is 0 Å². The number of nitrogens with zero attached hydrogens (tertiary/aromatic N) is 3. The summed E-state index contributed by atoms with van der Waals surface area (Å²) in [6.07, 6.45) is 3.43. The molecule has 2 aromatic rings. The number of carbonyl (C=O) groups excluding carboxylic acids is 1. The lowest BCUT2D eigenvalue weighted by Gasteiger charge is -2.37. The van der Waals surface area contributed by atoms with Crippen LogP contribution in [0.25, 0.3) is 0 Å². The predicted molar refractivity (Wildman–Crippen MR) is 109 cm³/mol. The smallest absolute Gasteiger partial charge is 0.319 e. The van der Waals surface area contributed by atoms with E-state index >= 15 is 0 Å². The van der Waals surface area contributed by atoms with Crippen molar-refractivity contribution < 1.29 is 9.90 Å². The predicted octanol–water partition coefficient (Wildman–Crippen LogP) is 1.62. The van der Waals surface area contributed by atoms with E-state index in [2.05, 4.69) is 42.8 Å². The number of hydrogen-bond donors (Lipinski definition) is 4. The first-order valence-electron chi connectivity index (χ1n) is 9.66. The van der Waals surface area contributed by atoms with E-state index in [1.165, 1.54) is 5.56 Å². The Morgan fingerprint density at radius 2 is 1.82 bits per heavy atom. The first-order chi connectivity index (χ1) is 13.4. The van der Waals surface area contributed by atoms with Crippen LogP contribution in [0.2, 0.25) is 0 Å². The van der Waals surface area contributed by atoms with Crippen molar-refractivity contribution in [1.29, 1.82) is 0 Å². The zero-order chi connectivity index (χ0) is 20.0. The summed E-state index contributed by atoms with van der Waals surface area (Å²) >= 11 is 0. The van der Waals surface area contributed by atoms with E-state index in [1.807, 2.05) is 26.0 Å². The minimum atomic E-state index is -0.643. The normalized spacial score (nSPS) is 16.1. The minimum Gasteiger partial charge on any atom is -0.389 e. The summed E-state index contributed by atoms with van der Waals surface area (Å²) in [5, 5.41) is 22.1. The van der Waals surface area contributed by atoms with E-state index < -0.39 is 5.60 Å². The van der Waals surface area contributed by atoms with Gasteiger partial charge in [-0.25, -0.2) is 4.79 Å². The average molecular weight is 387 g/mol. The second-order valence-corrected chi connectivity index (χ2v) is 7.98. The first-order valence-corrected chi connectivity index (χ1v) is 9.66. The SMILES string of the molecule is CC(C)(O)CN1CCN(Cc2ccc(NC(=O)NCc3cn[nH]c3)cc2)CC1. The third-order valence-electron chi connectivity index (χ3n) is 4.70. The molecule has 0 atom stereocenters. The van der Waals surface area contributed by atoms with E-state index in [1.54, 1.807) is 12.4 Å². The third kappa shape index (κ3) is 6.63. The van der Waals surface area contributed by atoms with Crippen LogP contribution in [0.4, 0.5) is 10.5 Å². The number of β-amino-alcohol motifs (C(OH)–C–C–N with tert-alkyl or cyclic N) is 1. The number of H-pyrrole nitrogens is 1. The number of anilines is 1. The molecular weight excluding hydrogens is 356 g/mol. The van der Waals surface area contributed by atoms with E-state index in [4.69, 9.17) is 0 Å². The molecule has 1 aliphatic heterocycles. The highest BCUT2D eigenvalue weighted by atomic mass is 16.3. The zero-order valence-electron chi connectivity index (χ0n) is 16.6. The fourth-order valence-electron chi connectivity index (χ4n) is 3.34. The van der Waals surface area contributed by atoms with E-state index in [0.29, 0.717) is 13.1 Å². The quantitative estimate of drug-likeness (QED) is 0.580. The van der Waals surface area contributed by atoms with Gasteiger partial charge in [-0.05, 0) is 31.5 Å². The standard InChI is InChI=1S/C20H30N6O2/c1-20(2,28)15-26-9-7-25(8-10-26)14-16-3-5-18(6-4-16)24-19(27)21-11-17-12-22-23-13-17/h3-6,12-13,28H,7-11,14-15H2,1-2H3,(H,22,23)(H2,21,24,27). The van der Waals surface area contributed by atoms with Gasteiger partial charge < -0.3 is 15.7 Å². The van der Waals surface area contributed by atoms with Crippen molar-refractivity contribution in [3.63, 3.8) is 0 Å². The summed E-state index contributed by atoms with van der Waals surface area (Å²) in [7, 11) is 0. The molecule has 1 aliphatic rings. The Hall–Kier alpha value is -2.42.